The predicted octanol–water partition coefficient (Wildman–Crippen LogP) is 2.93. The number of ether oxygens (including phenoxy) is 1. The third kappa shape index (κ3) is 2.99. The van der Waals surface area contributed by atoms with Gasteiger partial charge in [0.2, 0.25) is 0 Å². The van der Waals surface area contributed by atoms with E-state index in [1.54, 1.807) is 7.11 Å². The molecule has 0 unspecified atom stereocenters. The van der Waals surface area contributed by atoms with Crippen molar-refractivity contribution in [2.75, 3.05) is 20.2 Å². The summed E-state index contributed by atoms with van der Waals surface area (Å²) in [6.07, 6.45) is 2.73. The van der Waals surface area contributed by atoms with Crippen LogP contribution >= 0.6 is 0 Å². The molecule has 1 aromatic carbocycles. The number of hydrogen-bond acceptors (Lipinski definition) is 2. The minimum atomic E-state index is 0.854. The highest BCUT2D eigenvalue weighted by Crippen LogP contribution is 2.19. The van der Waals surface area contributed by atoms with Crippen molar-refractivity contribution >= 4 is 0 Å². The van der Waals surface area contributed by atoms with Gasteiger partial charge in [-0.1, -0.05) is 19.1 Å². The van der Waals surface area contributed by atoms with Crippen LogP contribution in [0.2, 0.25) is 0 Å². The van der Waals surface area contributed by atoms with Gasteiger partial charge in [-0.15, -0.1) is 0 Å². The van der Waals surface area contributed by atoms with Gasteiger partial charge >= 0.3 is 0 Å². The molecule has 0 saturated carbocycles. The fourth-order valence-electron chi connectivity index (χ4n) is 2.42. The molecule has 0 aliphatic carbocycles. The highest BCUT2D eigenvalue weighted by Gasteiger charge is 2.15. The SMILES string of the molecule is COc1ccc(CN2CCC[C@H](C)C2)cc1. The van der Waals surface area contributed by atoms with Gasteiger partial charge < -0.3 is 4.74 Å². The topological polar surface area (TPSA) is 12.5 Å². The Kier molecular flexibility index (Phi) is 3.83. The molecule has 2 heteroatoms. The third-order valence-electron chi connectivity index (χ3n) is 3.31. The smallest absolute Gasteiger partial charge is 0.118 e. The standard InChI is InChI=1S/C14H21NO/c1-12-4-3-9-15(10-12)11-13-5-7-14(16-2)8-6-13/h5-8,12H,3-4,9-11H2,1-2H3/t12-/m0/s1. The average molecular weight is 219 g/mol. The predicted molar refractivity (Wildman–Crippen MR) is 66.7 cm³/mol. The van der Waals surface area contributed by atoms with Crippen molar-refractivity contribution in [3.8, 4) is 5.75 Å². The molecule has 1 aromatic rings. The van der Waals surface area contributed by atoms with Crippen LogP contribution in [0.15, 0.2) is 24.3 Å². The summed E-state index contributed by atoms with van der Waals surface area (Å²) in [6.45, 7) is 5.91. The molecular weight excluding hydrogens is 198 g/mol. The van der Waals surface area contributed by atoms with E-state index in [-0.39, 0.29) is 0 Å². The maximum absolute atomic E-state index is 5.16. The molecule has 16 heavy (non-hydrogen) atoms. The van der Waals surface area contributed by atoms with E-state index in [0.29, 0.717) is 0 Å². The first-order valence-electron chi connectivity index (χ1n) is 6.13. The first-order valence-corrected chi connectivity index (χ1v) is 6.13. The molecule has 1 heterocycles. The molecule has 2 nitrogen and oxygen atoms in total. The maximum atomic E-state index is 5.16. The lowest BCUT2D eigenvalue weighted by Gasteiger charge is -2.30. The van der Waals surface area contributed by atoms with Crippen molar-refractivity contribution in [2.24, 2.45) is 5.92 Å². The van der Waals surface area contributed by atoms with Crippen LogP contribution in [0.25, 0.3) is 0 Å². The van der Waals surface area contributed by atoms with Gasteiger partial charge in [-0.25, -0.2) is 0 Å². The molecule has 2 rings (SSSR count). The van der Waals surface area contributed by atoms with E-state index in [4.69, 9.17) is 4.74 Å². The second-order valence-corrected chi connectivity index (χ2v) is 4.83. The highest BCUT2D eigenvalue weighted by atomic mass is 16.5. The number of rotatable bonds is 3. The van der Waals surface area contributed by atoms with Crippen LogP contribution < -0.4 is 4.74 Å². The molecule has 0 bridgehead atoms. The zero-order valence-corrected chi connectivity index (χ0v) is 10.3. The number of methoxy groups -OCH3 is 1. The fraction of sp³-hybridized carbons (Fsp3) is 0.571. The van der Waals surface area contributed by atoms with Gasteiger partial charge in [-0.2, -0.15) is 0 Å². The largest absolute Gasteiger partial charge is 0.497 e. The lowest BCUT2D eigenvalue weighted by Crippen LogP contribution is -2.33. The van der Waals surface area contributed by atoms with E-state index in [1.807, 2.05) is 12.1 Å². The fourth-order valence-corrected chi connectivity index (χ4v) is 2.42. The second kappa shape index (κ2) is 5.35. The number of likely N-dealkylation sites (tertiary alicyclic amines) is 1. The Labute approximate surface area is 98.2 Å². The number of hydrogen-bond donors (Lipinski definition) is 0. The van der Waals surface area contributed by atoms with E-state index in [1.165, 1.54) is 31.5 Å². The Morgan fingerprint density at radius 2 is 2.06 bits per heavy atom. The van der Waals surface area contributed by atoms with Crippen molar-refractivity contribution in [2.45, 2.75) is 26.3 Å². The van der Waals surface area contributed by atoms with Crippen LogP contribution in [0.4, 0.5) is 0 Å². The molecule has 0 radical (unpaired) electrons. The Bertz CT molecular complexity index is 320. The summed E-state index contributed by atoms with van der Waals surface area (Å²) in [5, 5.41) is 0. The Hall–Kier alpha value is -1.02. The molecule has 1 aliphatic heterocycles. The van der Waals surface area contributed by atoms with E-state index in [0.717, 1.165) is 18.2 Å². The monoisotopic (exact) mass is 219 g/mol. The van der Waals surface area contributed by atoms with Crippen LogP contribution in [-0.2, 0) is 6.54 Å². The zero-order valence-electron chi connectivity index (χ0n) is 10.3. The molecule has 0 N–H and O–H groups in total. The summed E-state index contributed by atoms with van der Waals surface area (Å²) >= 11 is 0. The summed E-state index contributed by atoms with van der Waals surface area (Å²) in [4.78, 5) is 2.55. The van der Waals surface area contributed by atoms with Crippen molar-refractivity contribution in [3.05, 3.63) is 29.8 Å². The van der Waals surface area contributed by atoms with E-state index in [2.05, 4.69) is 24.0 Å². The lowest BCUT2D eigenvalue weighted by atomic mass is 10.00. The quantitative estimate of drug-likeness (QED) is 0.775. The third-order valence-corrected chi connectivity index (χ3v) is 3.31. The summed E-state index contributed by atoms with van der Waals surface area (Å²) in [7, 11) is 1.71. The average Bonchev–Trinajstić information content (AvgIpc) is 2.30. The molecule has 88 valence electrons. The Morgan fingerprint density at radius 1 is 1.31 bits per heavy atom. The van der Waals surface area contributed by atoms with Crippen molar-refractivity contribution < 1.29 is 4.74 Å². The summed E-state index contributed by atoms with van der Waals surface area (Å²) in [5.41, 5.74) is 1.38. The Morgan fingerprint density at radius 3 is 2.69 bits per heavy atom. The highest BCUT2D eigenvalue weighted by molar-refractivity contribution is 5.27. The Balaban J connectivity index is 1.92. The first kappa shape index (κ1) is 11.5. The molecular formula is C14H21NO. The normalized spacial score (nSPS) is 22.0. The first-order chi connectivity index (χ1) is 7.78. The molecule has 0 aromatic heterocycles. The van der Waals surface area contributed by atoms with E-state index >= 15 is 0 Å². The van der Waals surface area contributed by atoms with Crippen LogP contribution in [0, 0.1) is 5.92 Å². The van der Waals surface area contributed by atoms with Gasteiger partial charge in [-0.05, 0) is 43.0 Å². The van der Waals surface area contributed by atoms with Crippen LogP contribution in [0.5, 0.6) is 5.75 Å². The number of benzene rings is 1. The number of nitrogens with zero attached hydrogens (tertiary/aromatic N) is 1. The lowest BCUT2D eigenvalue weighted by molar-refractivity contribution is 0.176. The van der Waals surface area contributed by atoms with Crippen molar-refractivity contribution in [1.82, 2.24) is 4.90 Å². The van der Waals surface area contributed by atoms with Crippen molar-refractivity contribution in [3.63, 3.8) is 0 Å². The summed E-state index contributed by atoms with van der Waals surface area (Å²) < 4.78 is 5.16. The molecule has 1 saturated heterocycles. The minimum Gasteiger partial charge on any atom is -0.497 e. The van der Waals surface area contributed by atoms with Crippen LogP contribution in [0.3, 0.4) is 0 Å². The van der Waals surface area contributed by atoms with Crippen LogP contribution in [0.1, 0.15) is 25.3 Å². The molecule has 1 aliphatic rings. The van der Waals surface area contributed by atoms with Gasteiger partial charge in [-0.3, -0.25) is 4.90 Å². The van der Waals surface area contributed by atoms with Crippen molar-refractivity contribution in [1.29, 1.82) is 0 Å². The van der Waals surface area contributed by atoms with E-state index in [9.17, 15) is 0 Å². The minimum absolute atomic E-state index is 0.854. The van der Waals surface area contributed by atoms with Gasteiger partial charge in [0.05, 0.1) is 7.11 Å². The van der Waals surface area contributed by atoms with Gasteiger partial charge in [0.1, 0.15) is 5.75 Å². The molecule has 1 atom stereocenters. The molecule has 0 spiro atoms. The maximum Gasteiger partial charge on any atom is 0.118 e. The second-order valence-electron chi connectivity index (χ2n) is 4.83. The van der Waals surface area contributed by atoms with Gasteiger partial charge in [0.25, 0.3) is 0 Å². The van der Waals surface area contributed by atoms with Crippen LogP contribution in [-0.4, -0.2) is 25.1 Å². The molecule has 0 amide bonds. The van der Waals surface area contributed by atoms with Gasteiger partial charge in [0.15, 0.2) is 0 Å². The zero-order chi connectivity index (χ0) is 11.4. The summed E-state index contributed by atoms with van der Waals surface area (Å²) in [5.74, 6) is 1.79. The summed E-state index contributed by atoms with van der Waals surface area (Å²) in [6, 6.07) is 8.42. The van der Waals surface area contributed by atoms with E-state index < -0.39 is 0 Å². The number of piperidine rings is 1. The molecule has 1 fully saturated rings. The van der Waals surface area contributed by atoms with Gasteiger partial charge in [0, 0.05) is 13.1 Å².